The molecule has 1 saturated heterocycles. The average Bonchev–Trinajstić information content (AvgIpc) is 3.40. The molecule has 27 heavy (non-hydrogen) atoms. The second kappa shape index (κ2) is 6.48. The second-order valence-corrected chi connectivity index (χ2v) is 7.48. The fourth-order valence-electron chi connectivity index (χ4n) is 3.96. The molecule has 140 valence electrons. The number of piperidine rings is 1. The minimum atomic E-state index is -0.302. The van der Waals surface area contributed by atoms with E-state index >= 15 is 0 Å². The van der Waals surface area contributed by atoms with Gasteiger partial charge >= 0.3 is 0 Å². The first-order valence-electron chi connectivity index (χ1n) is 9.55. The zero-order valence-corrected chi connectivity index (χ0v) is 15.3. The Hall–Kier alpha value is -2.70. The predicted molar refractivity (Wildman–Crippen MR) is 101 cm³/mol. The Morgan fingerprint density at radius 1 is 1.07 bits per heavy atom. The van der Waals surface area contributed by atoms with Crippen LogP contribution in [0.1, 0.15) is 31.4 Å². The Labute approximate surface area is 157 Å². The van der Waals surface area contributed by atoms with Crippen molar-refractivity contribution in [3.63, 3.8) is 0 Å². The number of oxazole rings is 1. The molecule has 2 aromatic heterocycles. The molecule has 0 amide bonds. The van der Waals surface area contributed by atoms with E-state index < -0.39 is 0 Å². The van der Waals surface area contributed by atoms with E-state index in [2.05, 4.69) is 30.8 Å². The first-order chi connectivity index (χ1) is 13.2. The highest BCUT2D eigenvalue weighted by atomic mass is 19.1. The molecule has 0 radical (unpaired) electrons. The quantitative estimate of drug-likeness (QED) is 0.701. The maximum atomic E-state index is 13.4. The van der Waals surface area contributed by atoms with E-state index in [1.165, 1.54) is 25.0 Å². The third kappa shape index (κ3) is 3.22. The van der Waals surface area contributed by atoms with Gasteiger partial charge in [-0.3, -0.25) is 0 Å². The van der Waals surface area contributed by atoms with Gasteiger partial charge in [0.2, 0.25) is 0 Å². The van der Waals surface area contributed by atoms with Crippen LogP contribution >= 0.6 is 0 Å². The van der Waals surface area contributed by atoms with E-state index in [1.54, 1.807) is 12.4 Å². The van der Waals surface area contributed by atoms with Gasteiger partial charge in [-0.2, -0.15) is 4.98 Å². The Morgan fingerprint density at radius 2 is 1.85 bits per heavy atom. The van der Waals surface area contributed by atoms with Crippen LogP contribution in [0, 0.1) is 12.7 Å². The minimum Gasteiger partial charge on any atom is -0.423 e. The van der Waals surface area contributed by atoms with Gasteiger partial charge in [0.25, 0.3) is 6.01 Å². The summed E-state index contributed by atoms with van der Waals surface area (Å²) in [5.74, 6) is 0.741. The number of anilines is 2. The first kappa shape index (κ1) is 16.5. The molecule has 0 unspecified atom stereocenters. The highest BCUT2D eigenvalue weighted by Crippen LogP contribution is 2.36. The summed E-state index contributed by atoms with van der Waals surface area (Å²) in [4.78, 5) is 17.9. The van der Waals surface area contributed by atoms with E-state index in [9.17, 15) is 4.39 Å². The van der Waals surface area contributed by atoms with Crippen molar-refractivity contribution in [2.24, 2.45) is 0 Å². The summed E-state index contributed by atoms with van der Waals surface area (Å²) >= 11 is 0. The second-order valence-electron chi connectivity index (χ2n) is 7.48. The fraction of sp³-hybridized carbons (Fsp3) is 0.450. The fourth-order valence-corrected chi connectivity index (χ4v) is 3.96. The maximum Gasteiger partial charge on any atom is 0.298 e. The van der Waals surface area contributed by atoms with Crippen molar-refractivity contribution >= 4 is 22.9 Å². The number of aryl methyl sites for hydroxylation is 1. The van der Waals surface area contributed by atoms with Crippen LogP contribution in [0.5, 0.6) is 0 Å². The Bertz CT molecular complexity index is 962. The average molecular weight is 367 g/mol. The standard InChI is InChI=1S/C20H22FN5O/c1-13-10-19(23-12-22-13)26(15-3-4-15)16-6-8-25(9-7-16)20-24-17-5-2-14(21)11-18(17)27-20/h2,5,10-12,15-16H,3-4,6-9H2,1H3. The topological polar surface area (TPSA) is 58.3 Å². The lowest BCUT2D eigenvalue weighted by molar-refractivity contribution is 0.436. The highest BCUT2D eigenvalue weighted by molar-refractivity contribution is 5.74. The SMILES string of the molecule is Cc1cc(N(C2CC2)C2CCN(c3nc4ccc(F)cc4o3)CC2)ncn1. The zero-order chi connectivity index (χ0) is 18.4. The smallest absolute Gasteiger partial charge is 0.298 e. The molecule has 0 bridgehead atoms. The van der Waals surface area contributed by atoms with Gasteiger partial charge in [0.15, 0.2) is 5.58 Å². The molecule has 0 atom stereocenters. The Balaban J connectivity index is 1.32. The van der Waals surface area contributed by atoms with Gasteiger partial charge in [-0.05, 0) is 44.7 Å². The van der Waals surface area contributed by atoms with Gasteiger partial charge in [-0.25, -0.2) is 14.4 Å². The molecular formula is C20H22FN5O. The van der Waals surface area contributed by atoms with Crippen molar-refractivity contribution in [3.8, 4) is 0 Å². The molecule has 1 aliphatic heterocycles. The number of nitrogens with zero attached hydrogens (tertiary/aromatic N) is 5. The molecule has 2 aliphatic rings. The van der Waals surface area contributed by atoms with Crippen LogP contribution in [0.15, 0.2) is 35.0 Å². The highest BCUT2D eigenvalue weighted by Gasteiger charge is 2.37. The van der Waals surface area contributed by atoms with Gasteiger partial charge in [0, 0.05) is 43.0 Å². The van der Waals surface area contributed by atoms with Crippen LogP contribution < -0.4 is 9.80 Å². The summed E-state index contributed by atoms with van der Waals surface area (Å²) in [6.07, 6.45) is 6.17. The van der Waals surface area contributed by atoms with Crippen molar-refractivity contribution in [1.82, 2.24) is 15.0 Å². The van der Waals surface area contributed by atoms with Gasteiger partial charge < -0.3 is 14.2 Å². The summed E-state index contributed by atoms with van der Waals surface area (Å²) < 4.78 is 19.2. The summed E-state index contributed by atoms with van der Waals surface area (Å²) in [7, 11) is 0. The molecule has 1 aliphatic carbocycles. The van der Waals surface area contributed by atoms with E-state index in [4.69, 9.17) is 4.42 Å². The zero-order valence-electron chi connectivity index (χ0n) is 15.3. The minimum absolute atomic E-state index is 0.302. The van der Waals surface area contributed by atoms with Crippen LogP contribution in [-0.2, 0) is 0 Å². The maximum absolute atomic E-state index is 13.4. The van der Waals surface area contributed by atoms with Crippen LogP contribution in [0.3, 0.4) is 0 Å². The summed E-state index contributed by atoms with van der Waals surface area (Å²) in [5.41, 5.74) is 2.20. The lowest BCUT2D eigenvalue weighted by Crippen LogP contribution is -2.46. The molecular weight excluding hydrogens is 345 g/mol. The van der Waals surface area contributed by atoms with Crippen molar-refractivity contribution in [2.45, 2.75) is 44.7 Å². The molecule has 0 N–H and O–H groups in total. The van der Waals surface area contributed by atoms with E-state index in [0.29, 0.717) is 29.2 Å². The lowest BCUT2D eigenvalue weighted by atomic mass is 10.0. The van der Waals surface area contributed by atoms with Crippen LogP contribution in [0.25, 0.3) is 11.1 Å². The Morgan fingerprint density at radius 3 is 2.59 bits per heavy atom. The van der Waals surface area contributed by atoms with Gasteiger partial charge in [0.05, 0.1) is 0 Å². The normalized spacial score (nSPS) is 18.2. The predicted octanol–water partition coefficient (Wildman–Crippen LogP) is 3.70. The van der Waals surface area contributed by atoms with Crippen LogP contribution in [-0.4, -0.2) is 40.1 Å². The number of hydrogen-bond donors (Lipinski definition) is 0. The molecule has 6 nitrogen and oxygen atoms in total. The first-order valence-corrected chi connectivity index (χ1v) is 9.55. The largest absolute Gasteiger partial charge is 0.423 e. The summed E-state index contributed by atoms with van der Waals surface area (Å²) in [5, 5.41) is 0. The molecule has 3 heterocycles. The van der Waals surface area contributed by atoms with Crippen molar-refractivity contribution in [3.05, 3.63) is 42.1 Å². The molecule has 2 fully saturated rings. The number of halogens is 1. The van der Waals surface area contributed by atoms with Crippen LogP contribution in [0.2, 0.25) is 0 Å². The lowest BCUT2D eigenvalue weighted by Gasteiger charge is -2.39. The van der Waals surface area contributed by atoms with Crippen LogP contribution in [0.4, 0.5) is 16.2 Å². The third-order valence-electron chi connectivity index (χ3n) is 5.46. The van der Waals surface area contributed by atoms with E-state index in [0.717, 1.165) is 37.4 Å². The van der Waals surface area contributed by atoms with E-state index in [-0.39, 0.29) is 5.82 Å². The molecule has 1 saturated carbocycles. The monoisotopic (exact) mass is 367 g/mol. The number of fused-ring (bicyclic) bond motifs is 1. The molecule has 3 aromatic rings. The summed E-state index contributed by atoms with van der Waals surface area (Å²) in [6.45, 7) is 3.75. The number of rotatable bonds is 4. The van der Waals surface area contributed by atoms with Crippen molar-refractivity contribution < 1.29 is 8.81 Å². The summed E-state index contributed by atoms with van der Waals surface area (Å²) in [6, 6.07) is 8.21. The van der Waals surface area contributed by atoms with Gasteiger partial charge in [0.1, 0.15) is 23.5 Å². The molecule has 5 rings (SSSR count). The number of hydrogen-bond acceptors (Lipinski definition) is 6. The molecule has 1 aromatic carbocycles. The molecule has 0 spiro atoms. The third-order valence-corrected chi connectivity index (χ3v) is 5.46. The Kier molecular flexibility index (Phi) is 3.95. The van der Waals surface area contributed by atoms with Gasteiger partial charge in [-0.1, -0.05) is 0 Å². The van der Waals surface area contributed by atoms with Crippen molar-refractivity contribution in [2.75, 3.05) is 22.9 Å². The molecule has 7 heteroatoms. The number of aromatic nitrogens is 3. The van der Waals surface area contributed by atoms with Gasteiger partial charge in [-0.15, -0.1) is 0 Å². The van der Waals surface area contributed by atoms with Crippen molar-refractivity contribution in [1.29, 1.82) is 0 Å². The number of benzene rings is 1. The van der Waals surface area contributed by atoms with E-state index in [1.807, 2.05) is 6.92 Å².